The fourth-order valence-electron chi connectivity index (χ4n) is 2.53. The molecule has 24 heavy (non-hydrogen) atoms. The molecule has 2 aliphatic heterocycles. The van der Waals surface area contributed by atoms with Gasteiger partial charge in [0.05, 0.1) is 12.2 Å². The van der Waals surface area contributed by atoms with Gasteiger partial charge in [0.2, 0.25) is 0 Å². The minimum absolute atomic E-state index is 0.287. The van der Waals surface area contributed by atoms with Gasteiger partial charge < -0.3 is 9.64 Å². The number of amidine groups is 1. The van der Waals surface area contributed by atoms with E-state index in [1.54, 1.807) is 29.3 Å². The number of hydrogen-bond acceptors (Lipinski definition) is 3. The summed E-state index contributed by atoms with van der Waals surface area (Å²) in [6, 6.07) is 5.52. The van der Waals surface area contributed by atoms with Gasteiger partial charge in [0.25, 0.3) is 0 Å². The van der Waals surface area contributed by atoms with Crippen LogP contribution in [0.3, 0.4) is 0 Å². The Morgan fingerprint density at radius 1 is 1.17 bits per heavy atom. The van der Waals surface area contributed by atoms with E-state index in [1.807, 2.05) is 0 Å². The van der Waals surface area contributed by atoms with Crippen LogP contribution in [0.1, 0.15) is 12.5 Å². The lowest BCUT2D eigenvalue weighted by Crippen LogP contribution is -2.32. The standard InChI is InChI=1S/C17H14F4N2O/c1-11(18)15-8-9-22-16-7-4-13(10-23(15)16)12-2-5-14(6-3-12)24-17(19,20)21/h2-8,10-11H,9H2,1H3. The molecule has 0 fully saturated rings. The molecule has 2 aliphatic rings. The van der Waals surface area contributed by atoms with Crippen LogP contribution in [0, 0.1) is 0 Å². The average molecular weight is 338 g/mol. The van der Waals surface area contributed by atoms with E-state index in [0.29, 0.717) is 23.6 Å². The number of allylic oxidation sites excluding steroid dienone is 3. The number of rotatable bonds is 3. The van der Waals surface area contributed by atoms with Crippen LogP contribution >= 0.6 is 0 Å². The molecule has 0 amide bonds. The molecule has 3 rings (SSSR count). The first-order valence-corrected chi connectivity index (χ1v) is 7.27. The highest BCUT2D eigenvalue weighted by molar-refractivity contribution is 6.01. The van der Waals surface area contributed by atoms with E-state index >= 15 is 0 Å². The van der Waals surface area contributed by atoms with Gasteiger partial charge in [0.15, 0.2) is 0 Å². The number of alkyl halides is 4. The fourth-order valence-corrected chi connectivity index (χ4v) is 2.53. The SMILES string of the molecule is CC(F)C1=CCN=C2C=CC(c3ccc(OC(F)(F)F)cc3)=CN12. The highest BCUT2D eigenvalue weighted by Crippen LogP contribution is 2.29. The first-order valence-electron chi connectivity index (χ1n) is 7.27. The number of halogens is 4. The molecule has 0 radical (unpaired) electrons. The summed E-state index contributed by atoms with van der Waals surface area (Å²) in [5.74, 6) is 0.350. The topological polar surface area (TPSA) is 24.8 Å². The van der Waals surface area contributed by atoms with E-state index in [1.165, 1.54) is 31.2 Å². The van der Waals surface area contributed by atoms with Crippen molar-refractivity contribution >= 4 is 11.4 Å². The van der Waals surface area contributed by atoms with E-state index in [9.17, 15) is 17.6 Å². The van der Waals surface area contributed by atoms with Crippen molar-refractivity contribution in [2.45, 2.75) is 19.5 Å². The third kappa shape index (κ3) is 3.50. The Balaban J connectivity index is 1.85. The second kappa shape index (κ2) is 6.14. The lowest BCUT2D eigenvalue weighted by molar-refractivity contribution is -0.274. The first kappa shape index (κ1) is 16.3. The number of nitrogens with zero attached hydrogens (tertiary/aromatic N) is 2. The van der Waals surface area contributed by atoms with Crippen molar-refractivity contribution in [3.05, 3.63) is 60.0 Å². The van der Waals surface area contributed by atoms with Gasteiger partial charge in [0, 0.05) is 6.20 Å². The molecule has 1 atom stereocenters. The molecule has 0 N–H and O–H groups in total. The molecule has 7 heteroatoms. The smallest absolute Gasteiger partial charge is 0.406 e. The summed E-state index contributed by atoms with van der Waals surface area (Å²) in [6.45, 7) is 1.87. The molecular formula is C17H14F4N2O. The minimum atomic E-state index is -4.72. The second-order valence-corrected chi connectivity index (χ2v) is 5.30. The maximum absolute atomic E-state index is 13.8. The maximum atomic E-state index is 13.8. The molecule has 126 valence electrons. The fraction of sp³-hybridized carbons (Fsp3) is 0.235. The quantitative estimate of drug-likeness (QED) is 0.761. The van der Waals surface area contributed by atoms with E-state index in [0.717, 1.165) is 5.57 Å². The van der Waals surface area contributed by atoms with Gasteiger partial charge in [-0.15, -0.1) is 13.2 Å². The molecule has 2 heterocycles. The van der Waals surface area contributed by atoms with Crippen LogP contribution in [-0.2, 0) is 0 Å². The van der Waals surface area contributed by atoms with Gasteiger partial charge in [-0.05, 0) is 48.4 Å². The zero-order valence-corrected chi connectivity index (χ0v) is 12.7. The van der Waals surface area contributed by atoms with Crippen LogP contribution in [0.15, 0.2) is 59.4 Å². The second-order valence-electron chi connectivity index (χ2n) is 5.30. The minimum Gasteiger partial charge on any atom is -0.406 e. The lowest BCUT2D eigenvalue weighted by atomic mass is 10.0. The molecule has 3 nitrogen and oxygen atoms in total. The van der Waals surface area contributed by atoms with Crippen molar-refractivity contribution in [3.63, 3.8) is 0 Å². The van der Waals surface area contributed by atoms with Crippen LogP contribution in [0.2, 0.25) is 0 Å². The van der Waals surface area contributed by atoms with E-state index in [4.69, 9.17) is 0 Å². The normalized spacial score (nSPS) is 18.4. The molecule has 0 aromatic heterocycles. The summed E-state index contributed by atoms with van der Waals surface area (Å²) >= 11 is 0. The number of fused-ring (bicyclic) bond motifs is 1. The van der Waals surface area contributed by atoms with Crippen LogP contribution in [0.5, 0.6) is 5.75 Å². The number of aliphatic imine (C=N–C) groups is 1. The lowest BCUT2D eigenvalue weighted by Gasteiger charge is -2.30. The predicted molar refractivity (Wildman–Crippen MR) is 83.0 cm³/mol. The van der Waals surface area contributed by atoms with Gasteiger partial charge in [-0.3, -0.25) is 4.99 Å². The Morgan fingerprint density at radius 2 is 1.88 bits per heavy atom. The number of hydrogen-bond donors (Lipinski definition) is 0. The van der Waals surface area contributed by atoms with Gasteiger partial charge in [-0.2, -0.15) is 0 Å². The molecule has 0 spiro atoms. The first-order chi connectivity index (χ1) is 11.3. The third-order valence-corrected chi connectivity index (χ3v) is 3.59. The largest absolute Gasteiger partial charge is 0.573 e. The van der Waals surface area contributed by atoms with Gasteiger partial charge in [-0.1, -0.05) is 12.1 Å². The molecule has 1 aromatic rings. The van der Waals surface area contributed by atoms with Gasteiger partial charge in [0.1, 0.15) is 17.8 Å². The van der Waals surface area contributed by atoms with Crippen molar-refractivity contribution in [3.8, 4) is 5.75 Å². The summed E-state index contributed by atoms with van der Waals surface area (Å²) in [5, 5.41) is 0. The molecule has 1 aromatic carbocycles. The Labute approximate surface area is 136 Å². The summed E-state index contributed by atoms with van der Waals surface area (Å²) in [6.07, 6.45) is 1.11. The highest BCUT2D eigenvalue weighted by atomic mass is 19.4. The monoisotopic (exact) mass is 338 g/mol. The number of ether oxygens (including phenoxy) is 1. The Hall–Kier alpha value is -2.57. The molecule has 0 aliphatic carbocycles. The third-order valence-electron chi connectivity index (χ3n) is 3.59. The average Bonchev–Trinajstić information content (AvgIpc) is 2.53. The zero-order valence-electron chi connectivity index (χ0n) is 12.7. The molecule has 0 bridgehead atoms. The van der Waals surface area contributed by atoms with Crippen molar-refractivity contribution in [1.29, 1.82) is 0 Å². The van der Waals surface area contributed by atoms with Crippen LogP contribution < -0.4 is 4.74 Å². The molecule has 0 saturated carbocycles. The maximum Gasteiger partial charge on any atom is 0.573 e. The van der Waals surface area contributed by atoms with Crippen molar-refractivity contribution in [1.82, 2.24) is 4.90 Å². The van der Waals surface area contributed by atoms with Gasteiger partial charge >= 0.3 is 6.36 Å². The Kier molecular flexibility index (Phi) is 4.17. The van der Waals surface area contributed by atoms with E-state index in [2.05, 4.69) is 9.73 Å². The summed E-state index contributed by atoms with van der Waals surface area (Å²) in [7, 11) is 0. The summed E-state index contributed by atoms with van der Waals surface area (Å²) in [4.78, 5) is 5.95. The van der Waals surface area contributed by atoms with Crippen LogP contribution in [0.25, 0.3) is 5.57 Å². The Bertz CT molecular complexity index is 743. The predicted octanol–water partition coefficient (Wildman–Crippen LogP) is 4.45. The zero-order chi connectivity index (χ0) is 17.3. The number of benzene rings is 1. The van der Waals surface area contributed by atoms with Crippen molar-refractivity contribution in [2.75, 3.05) is 6.54 Å². The van der Waals surface area contributed by atoms with Crippen LogP contribution in [0.4, 0.5) is 17.6 Å². The van der Waals surface area contributed by atoms with Crippen molar-refractivity contribution in [2.24, 2.45) is 4.99 Å². The van der Waals surface area contributed by atoms with Crippen molar-refractivity contribution < 1.29 is 22.3 Å². The Morgan fingerprint density at radius 3 is 2.50 bits per heavy atom. The molecule has 1 unspecified atom stereocenters. The van der Waals surface area contributed by atoms with E-state index in [-0.39, 0.29) is 5.75 Å². The highest BCUT2D eigenvalue weighted by Gasteiger charge is 2.31. The van der Waals surface area contributed by atoms with Gasteiger partial charge in [-0.25, -0.2) is 4.39 Å². The van der Waals surface area contributed by atoms with E-state index < -0.39 is 12.5 Å². The van der Waals surface area contributed by atoms with Crippen LogP contribution in [-0.4, -0.2) is 29.8 Å². The summed E-state index contributed by atoms with van der Waals surface area (Å²) in [5.41, 5.74) is 1.93. The molecular weight excluding hydrogens is 324 g/mol. The summed E-state index contributed by atoms with van der Waals surface area (Å²) < 4.78 is 54.2. The molecule has 0 saturated heterocycles.